The largest absolute Gasteiger partial charge is 1.00 e. The van der Waals surface area contributed by atoms with Crippen LogP contribution in [0.15, 0.2) is 0 Å². The van der Waals surface area contributed by atoms with Crippen LogP contribution in [0.1, 0.15) is 25.7 Å². The lowest BCUT2D eigenvalue weighted by atomic mass is 10.2. The summed E-state index contributed by atoms with van der Waals surface area (Å²) >= 11 is 0. The molecular formula is C9H21ClFN. The van der Waals surface area contributed by atoms with E-state index in [-0.39, 0.29) is 19.1 Å². The Morgan fingerprint density at radius 2 is 1.42 bits per heavy atom. The Morgan fingerprint density at radius 3 is 1.83 bits per heavy atom. The fraction of sp³-hybridized carbons (Fsp3) is 1.00. The fourth-order valence-electron chi connectivity index (χ4n) is 1.03. The second-order valence-corrected chi connectivity index (χ2v) is 4.12. The lowest BCUT2D eigenvalue weighted by Crippen LogP contribution is -3.00. The van der Waals surface area contributed by atoms with Crippen molar-refractivity contribution in [3.8, 4) is 0 Å². The first-order chi connectivity index (χ1) is 5.06. The van der Waals surface area contributed by atoms with Crippen LogP contribution in [0.25, 0.3) is 0 Å². The van der Waals surface area contributed by atoms with Crippen LogP contribution in [0.3, 0.4) is 0 Å². The molecule has 1 nitrogen and oxygen atoms in total. The van der Waals surface area contributed by atoms with E-state index in [0.29, 0.717) is 0 Å². The lowest BCUT2D eigenvalue weighted by molar-refractivity contribution is -0.870. The number of quaternary nitrogens is 1. The van der Waals surface area contributed by atoms with Gasteiger partial charge in [-0.15, -0.1) is 0 Å². The van der Waals surface area contributed by atoms with Gasteiger partial charge in [-0.05, 0) is 19.3 Å². The molecule has 0 saturated carbocycles. The summed E-state index contributed by atoms with van der Waals surface area (Å²) in [6.45, 7) is 1.05. The lowest BCUT2D eigenvalue weighted by Gasteiger charge is -2.23. The van der Waals surface area contributed by atoms with Gasteiger partial charge in [0.1, 0.15) is 0 Å². The summed E-state index contributed by atoms with van der Waals surface area (Å²) in [5.74, 6) is 0. The van der Waals surface area contributed by atoms with Gasteiger partial charge >= 0.3 is 0 Å². The number of hydrogen-bond acceptors (Lipinski definition) is 0. The van der Waals surface area contributed by atoms with Gasteiger partial charge in [-0.3, -0.25) is 4.39 Å². The van der Waals surface area contributed by atoms with E-state index in [4.69, 9.17) is 0 Å². The highest BCUT2D eigenvalue weighted by atomic mass is 35.5. The third kappa shape index (κ3) is 12.8. The molecule has 0 aromatic rings. The van der Waals surface area contributed by atoms with Gasteiger partial charge in [0.05, 0.1) is 34.4 Å². The van der Waals surface area contributed by atoms with Crippen molar-refractivity contribution in [1.29, 1.82) is 0 Å². The van der Waals surface area contributed by atoms with E-state index >= 15 is 0 Å². The molecule has 0 N–H and O–H groups in total. The van der Waals surface area contributed by atoms with E-state index < -0.39 is 0 Å². The van der Waals surface area contributed by atoms with Crippen molar-refractivity contribution >= 4 is 0 Å². The van der Waals surface area contributed by atoms with Crippen LogP contribution in [0.4, 0.5) is 4.39 Å². The minimum atomic E-state index is -0.148. The summed E-state index contributed by atoms with van der Waals surface area (Å²) in [4.78, 5) is 0. The molecule has 0 saturated heterocycles. The second kappa shape index (κ2) is 7.81. The number of nitrogens with zero attached hydrogens (tertiary/aromatic N) is 1. The quantitative estimate of drug-likeness (QED) is 0.388. The number of unbranched alkanes of at least 4 members (excludes halogenated alkanes) is 3. The Bertz CT molecular complexity index is 91.0. The van der Waals surface area contributed by atoms with Crippen LogP contribution in [0.2, 0.25) is 0 Å². The summed E-state index contributed by atoms with van der Waals surface area (Å²) in [6, 6.07) is 0. The summed E-state index contributed by atoms with van der Waals surface area (Å²) in [7, 11) is 6.57. The molecular weight excluding hydrogens is 177 g/mol. The number of hydrogen-bond donors (Lipinski definition) is 0. The third-order valence-corrected chi connectivity index (χ3v) is 1.71. The molecule has 0 bridgehead atoms. The second-order valence-electron chi connectivity index (χ2n) is 4.12. The average molecular weight is 198 g/mol. The van der Waals surface area contributed by atoms with Crippen molar-refractivity contribution < 1.29 is 21.3 Å². The Labute approximate surface area is 81.9 Å². The van der Waals surface area contributed by atoms with Crippen LogP contribution >= 0.6 is 0 Å². The molecule has 0 radical (unpaired) electrons. The number of rotatable bonds is 6. The number of alkyl halides is 1. The molecule has 0 amide bonds. The van der Waals surface area contributed by atoms with Crippen molar-refractivity contribution in [1.82, 2.24) is 0 Å². The molecule has 0 fully saturated rings. The Balaban J connectivity index is 0. The van der Waals surface area contributed by atoms with Gasteiger partial charge in [-0.1, -0.05) is 6.42 Å². The monoisotopic (exact) mass is 197 g/mol. The molecule has 0 aliphatic heterocycles. The highest BCUT2D eigenvalue weighted by Crippen LogP contribution is 2.02. The van der Waals surface area contributed by atoms with Crippen LogP contribution < -0.4 is 12.4 Å². The van der Waals surface area contributed by atoms with E-state index in [1.54, 1.807) is 0 Å². The first kappa shape index (κ1) is 14.7. The van der Waals surface area contributed by atoms with Gasteiger partial charge in [-0.25, -0.2) is 0 Å². The van der Waals surface area contributed by atoms with Crippen LogP contribution in [0.5, 0.6) is 0 Å². The van der Waals surface area contributed by atoms with E-state index in [2.05, 4.69) is 21.1 Å². The average Bonchev–Trinajstić information content (AvgIpc) is 1.85. The normalized spacial score (nSPS) is 11.0. The minimum Gasteiger partial charge on any atom is -1.00 e. The topological polar surface area (TPSA) is 0 Å². The Morgan fingerprint density at radius 1 is 0.917 bits per heavy atom. The van der Waals surface area contributed by atoms with Gasteiger partial charge in [-0.2, -0.15) is 0 Å². The van der Waals surface area contributed by atoms with Gasteiger partial charge in [0.2, 0.25) is 0 Å². The zero-order valence-corrected chi connectivity index (χ0v) is 9.20. The maximum absolute atomic E-state index is 11.7. The summed E-state index contributed by atoms with van der Waals surface area (Å²) in [5.41, 5.74) is 0. The van der Waals surface area contributed by atoms with E-state index in [9.17, 15) is 4.39 Å². The molecule has 0 aliphatic carbocycles. The maximum Gasteiger partial charge on any atom is 0.0894 e. The molecule has 3 heteroatoms. The molecule has 0 aromatic heterocycles. The third-order valence-electron chi connectivity index (χ3n) is 1.71. The fourth-order valence-corrected chi connectivity index (χ4v) is 1.03. The molecule has 0 unspecified atom stereocenters. The zero-order chi connectivity index (χ0) is 8.74. The first-order valence-electron chi connectivity index (χ1n) is 4.43. The Kier molecular flexibility index (Phi) is 9.56. The molecule has 0 spiro atoms. The maximum atomic E-state index is 11.7. The molecule has 76 valence electrons. The van der Waals surface area contributed by atoms with Gasteiger partial charge < -0.3 is 16.9 Å². The number of halogens is 2. The highest BCUT2D eigenvalue weighted by molar-refractivity contribution is 4.41. The summed E-state index contributed by atoms with van der Waals surface area (Å²) < 4.78 is 12.7. The van der Waals surface area contributed by atoms with E-state index in [1.165, 1.54) is 19.4 Å². The standard InChI is InChI=1S/C9H21FN.ClH/c1-11(2,3)9-7-5-4-6-8-10;/h4-9H2,1-3H3;1H/q+1;/p-1. The van der Waals surface area contributed by atoms with Crippen molar-refractivity contribution in [2.75, 3.05) is 34.4 Å². The van der Waals surface area contributed by atoms with Crippen LogP contribution in [0, 0.1) is 0 Å². The minimum absolute atomic E-state index is 0. The first-order valence-corrected chi connectivity index (χ1v) is 4.43. The summed E-state index contributed by atoms with van der Waals surface area (Å²) in [5, 5.41) is 0. The van der Waals surface area contributed by atoms with E-state index in [0.717, 1.165) is 17.3 Å². The zero-order valence-electron chi connectivity index (χ0n) is 8.45. The molecule has 0 atom stereocenters. The summed E-state index contributed by atoms with van der Waals surface area (Å²) in [6.07, 6.45) is 4.20. The molecule has 0 heterocycles. The predicted molar refractivity (Wildman–Crippen MR) is 47.3 cm³/mol. The molecule has 0 aliphatic rings. The molecule has 12 heavy (non-hydrogen) atoms. The van der Waals surface area contributed by atoms with Gasteiger partial charge in [0.25, 0.3) is 0 Å². The van der Waals surface area contributed by atoms with E-state index in [1.807, 2.05) is 0 Å². The van der Waals surface area contributed by atoms with Gasteiger partial charge in [0, 0.05) is 0 Å². The van der Waals surface area contributed by atoms with Crippen molar-refractivity contribution in [2.24, 2.45) is 0 Å². The van der Waals surface area contributed by atoms with Crippen molar-refractivity contribution in [3.63, 3.8) is 0 Å². The van der Waals surface area contributed by atoms with Crippen molar-refractivity contribution in [3.05, 3.63) is 0 Å². The predicted octanol–water partition coefficient (Wildman–Crippen LogP) is -0.773. The molecule has 0 aromatic carbocycles. The highest BCUT2D eigenvalue weighted by Gasteiger charge is 2.04. The SMILES string of the molecule is C[N+](C)(C)CCCCCCF.[Cl-]. The molecule has 0 rings (SSSR count). The van der Waals surface area contributed by atoms with Crippen molar-refractivity contribution in [2.45, 2.75) is 25.7 Å². The Hall–Kier alpha value is 0.180. The van der Waals surface area contributed by atoms with Crippen LogP contribution in [-0.4, -0.2) is 38.8 Å². The smallest absolute Gasteiger partial charge is 0.0894 e. The van der Waals surface area contributed by atoms with Crippen LogP contribution in [-0.2, 0) is 0 Å². The van der Waals surface area contributed by atoms with Gasteiger partial charge in [0.15, 0.2) is 0 Å².